The minimum Gasteiger partial charge on any atom is -0.425 e. The van der Waals surface area contributed by atoms with E-state index in [1.807, 2.05) is 0 Å². The van der Waals surface area contributed by atoms with E-state index in [0.29, 0.717) is 11.4 Å². The fraction of sp³-hybridized carbons (Fsp3) is 0.273. The van der Waals surface area contributed by atoms with Gasteiger partial charge in [-0.05, 0) is 36.2 Å². The van der Waals surface area contributed by atoms with Crippen molar-refractivity contribution in [1.82, 2.24) is 14.5 Å². The predicted octanol–water partition coefficient (Wildman–Crippen LogP) is 3.72. The third-order valence-corrected chi connectivity index (χ3v) is 5.81. The number of nitrogens with zero attached hydrogens (tertiary/aromatic N) is 4. The van der Waals surface area contributed by atoms with Crippen molar-refractivity contribution in [2.75, 3.05) is 25.1 Å². The van der Waals surface area contributed by atoms with E-state index in [0.717, 1.165) is 11.6 Å². The SMILES string of the molecule is CN1c2nc(Oc3ccc(Cl)c(F)c3)n(Cc3ccc(Cl)cc3)c2C(=O)N(CCCO)C1O. The molecule has 0 radical (unpaired) electrons. The Labute approximate surface area is 199 Å². The van der Waals surface area contributed by atoms with E-state index >= 15 is 0 Å². The average molecular weight is 495 g/mol. The molecule has 1 amide bonds. The lowest BCUT2D eigenvalue weighted by atomic mass is 10.2. The smallest absolute Gasteiger partial charge is 0.304 e. The summed E-state index contributed by atoms with van der Waals surface area (Å²) in [5, 5.41) is 20.3. The van der Waals surface area contributed by atoms with Crippen molar-refractivity contribution in [3.8, 4) is 11.8 Å². The number of aromatic nitrogens is 2. The number of aliphatic hydroxyl groups excluding tert-OH is 2. The highest BCUT2D eigenvalue weighted by Crippen LogP contribution is 2.35. The zero-order valence-electron chi connectivity index (χ0n) is 17.6. The van der Waals surface area contributed by atoms with Crippen molar-refractivity contribution < 1.29 is 24.1 Å². The molecule has 174 valence electrons. The van der Waals surface area contributed by atoms with Gasteiger partial charge in [0.15, 0.2) is 11.5 Å². The summed E-state index contributed by atoms with van der Waals surface area (Å²) in [6, 6.07) is 11.0. The highest BCUT2D eigenvalue weighted by atomic mass is 35.5. The number of benzene rings is 2. The average Bonchev–Trinajstić information content (AvgIpc) is 3.14. The third-order valence-electron chi connectivity index (χ3n) is 5.25. The first-order valence-electron chi connectivity index (χ1n) is 10.1. The van der Waals surface area contributed by atoms with E-state index in [9.17, 15) is 19.4 Å². The van der Waals surface area contributed by atoms with Crippen molar-refractivity contribution in [1.29, 1.82) is 0 Å². The van der Waals surface area contributed by atoms with Gasteiger partial charge in [-0.2, -0.15) is 4.98 Å². The van der Waals surface area contributed by atoms with Gasteiger partial charge in [-0.25, -0.2) is 4.39 Å². The van der Waals surface area contributed by atoms with Crippen molar-refractivity contribution >= 4 is 34.9 Å². The van der Waals surface area contributed by atoms with Crippen molar-refractivity contribution in [3.05, 3.63) is 69.6 Å². The fourth-order valence-corrected chi connectivity index (χ4v) is 3.78. The molecule has 0 aliphatic carbocycles. The molecule has 0 saturated carbocycles. The quantitative estimate of drug-likeness (QED) is 0.520. The zero-order chi connectivity index (χ0) is 23.7. The van der Waals surface area contributed by atoms with Gasteiger partial charge in [0, 0.05) is 31.3 Å². The minimum atomic E-state index is -1.27. The second kappa shape index (κ2) is 9.56. The molecule has 0 fully saturated rings. The number of halogens is 3. The fourth-order valence-electron chi connectivity index (χ4n) is 3.54. The molecule has 2 heterocycles. The van der Waals surface area contributed by atoms with Crippen LogP contribution in [-0.2, 0) is 6.54 Å². The van der Waals surface area contributed by atoms with Gasteiger partial charge < -0.3 is 19.8 Å². The molecule has 1 aromatic heterocycles. The van der Waals surface area contributed by atoms with Gasteiger partial charge in [0.25, 0.3) is 5.91 Å². The van der Waals surface area contributed by atoms with E-state index in [2.05, 4.69) is 4.98 Å². The number of fused-ring (bicyclic) bond motifs is 1. The highest BCUT2D eigenvalue weighted by molar-refractivity contribution is 6.30. The number of anilines is 1. The molecule has 0 bridgehead atoms. The Morgan fingerprint density at radius 3 is 2.58 bits per heavy atom. The number of ether oxygens (including phenoxy) is 1. The summed E-state index contributed by atoms with van der Waals surface area (Å²) in [5.41, 5.74) is 1.01. The highest BCUT2D eigenvalue weighted by Gasteiger charge is 2.40. The molecule has 11 heteroatoms. The van der Waals surface area contributed by atoms with Crippen LogP contribution in [0.25, 0.3) is 0 Å². The molecule has 0 spiro atoms. The largest absolute Gasteiger partial charge is 0.425 e. The van der Waals surface area contributed by atoms with E-state index < -0.39 is 18.1 Å². The number of imidazole rings is 1. The van der Waals surface area contributed by atoms with Crippen molar-refractivity contribution in [3.63, 3.8) is 0 Å². The Hall–Kier alpha value is -2.85. The van der Waals surface area contributed by atoms with Gasteiger partial charge in [0.05, 0.1) is 11.6 Å². The molecule has 1 unspecified atom stereocenters. The molecule has 3 aromatic rings. The van der Waals surface area contributed by atoms with Gasteiger partial charge in [-0.15, -0.1) is 0 Å². The van der Waals surface area contributed by atoms with Gasteiger partial charge in [-0.1, -0.05) is 35.3 Å². The van der Waals surface area contributed by atoms with E-state index in [4.69, 9.17) is 27.9 Å². The molecular formula is C22H21Cl2FN4O4. The molecule has 2 N–H and O–H groups in total. The van der Waals surface area contributed by atoms with Crippen LogP contribution in [0.5, 0.6) is 11.8 Å². The molecule has 8 nitrogen and oxygen atoms in total. The zero-order valence-corrected chi connectivity index (χ0v) is 19.1. The van der Waals surface area contributed by atoms with Crippen molar-refractivity contribution in [2.45, 2.75) is 19.3 Å². The first kappa shape index (κ1) is 23.3. The summed E-state index contributed by atoms with van der Waals surface area (Å²) in [4.78, 5) is 20.5. The second-order valence-electron chi connectivity index (χ2n) is 7.49. The van der Waals surface area contributed by atoms with Gasteiger partial charge in [-0.3, -0.25) is 14.3 Å². The normalized spacial score (nSPS) is 15.7. The molecule has 4 rings (SSSR count). The van der Waals surface area contributed by atoms with Gasteiger partial charge in [0.2, 0.25) is 6.35 Å². The number of aliphatic hydroxyl groups is 2. The number of rotatable bonds is 7. The second-order valence-corrected chi connectivity index (χ2v) is 8.33. The minimum absolute atomic E-state index is 0.0353. The lowest BCUT2D eigenvalue weighted by Crippen LogP contribution is -2.54. The third kappa shape index (κ3) is 4.63. The molecule has 1 atom stereocenters. The number of carbonyl (C=O) groups is 1. The Morgan fingerprint density at radius 1 is 1.18 bits per heavy atom. The Balaban J connectivity index is 1.80. The number of carbonyl (C=O) groups excluding carboxylic acids is 1. The maximum atomic E-state index is 14.0. The summed E-state index contributed by atoms with van der Waals surface area (Å²) in [5.74, 6) is -0.772. The summed E-state index contributed by atoms with van der Waals surface area (Å²) >= 11 is 11.8. The van der Waals surface area contributed by atoms with E-state index in [1.54, 1.807) is 35.9 Å². The first-order chi connectivity index (χ1) is 15.8. The van der Waals surface area contributed by atoms with Crippen LogP contribution in [0.2, 0.25) is 10.0 Å². The maximum absolute atomic E-state index is 14.0. The molecular weight excluding hydrogens is 474 g/mol. The topological polar surface area (TPSA) is 91.1 Å². The lowest BCUT2D eigenvalue weighted by Gasteiger charge is -2.38. The molecule has 1 aliphatic rings. The van der Waals surface area contributed by atoms with Crippen molar-refractivity contribution in [2.24, 2.45) is 0 Å². The predicted molar refractivity (Wildman–Crippen MR) is 121 cm³/mol. The lowest BCUT2D eigenvalue weighted by molar-refractivity contribution is 0.00112. The molecule has 33 heavy (non-hydrogen) atoms. The monoisotopic (exact) mass is 494 g/mol. The van der Waals surface area contributed by atoms with E-state index in [1.165, 1.54) is 21.9 Å². The van der Waals surface area contributed by atoms with Crippen LogP contribution in [0.3, 0.4) is 0 Å². The Bertz CT molecular complexity index is 1170. The van der Waals surface area contributed by atoms with Gasteiger partial charge >= 0.3 is 6.01 Å². The number of hydrogen-bond donors (Lipinski definition) is 2. The van der Waals surface area contributed by atoms with E-state index in [-0.39, 0.29) is 48.0 Å². The Kier molecular flexibility index (Phi) is 6.76. The summed E-state index contributed by atoms with van der Waals surface area (Å²) < 4.78 is 21.4. The summed E-state index contributed by atoms with van der Waals surface area (Å²) in [6.07, 6.45) is -0.971. The van der Waals surface area contributed by atoms with Crippen LogP contribution in [0.15, 0.2) is 42.5 Å². The molecule has 0 saturated heterocycles. The first-order valence-corrected chi connectivity index (χ1v) is 10.9. The Morgan fingerprint density at radius 2 is 1.91 bits per heavy atom. The van der Waals surface area contributed by atoms with Crippen LogP contribution in [-0.4, -0.2) is 57.1 Å². The summed E-state index contributed by atoms with van der Waals surface area (Å²) in [6.45, 7) is 0.215. The molecule has 2 aromatic carbocycles. The number of amides is 1. The van der Waals surface area contributed by atoms with Crippen LogP contribution in [0, 0.1) is 5.82 Å². The number of hydrogen-bond acceptors (Lipinski definition) is 6. The molecule has 1 aliphatic heterocycles. The maximum Gasteiger partial charge on any atom is 0.304 e. The van der Waals surface area contributed by atoms with Gasteiger partial charge in [0.1, 0.15) is 11.6 Å². The van der Waals surface area contributed by atoms with Crippen LogP contribution in [0.1, 0.15) is 22.5 Å². The van der Waals surface area contributed by atoms with Crippen LogP contribution < -0.4 is 9.64 Å². The van der Waals surface area contributed by atoms with Crippen LogP contribution >= 0.6 is 23.2 Å². The summed E-state index contributed by atoms with van der Waals surface area (Å²) in [7, 11) is 1.59. The van der Waals surface area contributed by atoms with Crippen LogP contribution in [0.4, 0.5) is 10.2 Å². The standard InChI is InChI=1S/C22H21Cl2FN4O4/c1-27-19-18(20(31)28(22(27)32)9-2-10-30)29(12-13-3-5-14(23)6-4-13)21(26-19)33-15-7-8-16(24)17(25)11-15/h3-8,11,22,30,32H,2,9-10,12H2,1H3.